The van der Waals surface area contributed by atoms with Gasteiger partial charge in [0.1, 0.15) is 23.7 Å². The normalized spacial score (nSPS) is 10.4. The average molecular weight is 322 g/mol. The lowest BCUT2D eigenvalue weighted by molar-refractivity contribution is 0.102. The van der Waals surface area contributed by atoms with E-state index in [1.165, 1.54) is 0 Å². The molecule has 2 aromatic carbocycles. The van der Waals surface area contributed by atoms with Crippen molar-refractivity contribution in [1.29, 1.82) is 0 Å². The number of rotatable bonds is 5. The first-order valence-corrected chi connectivity index (χ1v) is 7.64. The van der Waals surface area contributed by atoms with Crippen molar-refractivity contribution >= 4 is 11.6 Å². The summed E-state index contributed by atoms with van der Waals surface area (Å²) < 4.78 is 10.7. The van der Waals surface area contributed by atoms with Crippen LogP contribution in [0.2, 0.25) is 0 Å². The minimum atomic E-state index is -0.232. The molecule has 3 aromatic rings. The highest BCUT2D eigenvalue weighted by atomic mass is 16.5. The van der Waals surface area contributed by atoms with Gasteiger partial charge in [-0.15, -0.1) is 0 Å². The molecule has 0 bridgehead atoms. The highest BCUT2D eigenvalue weighted by molar-refractivity contribution is 6.05. The van der Waals surface area contributed by atoms with Crippen molar-refractivity contribution in [3.8, 4) is 5.75 Å². The number of hydrogen-bond acceptors (Lipinski definition) is 4. The zero-order chi connectivity index (χ0) is 16.9. The van der Waals surface area contributed by atoms with Gasteiger partial charge >= 0.3 is 0 Å². The molecule has 0 aliphatic heterocycles. The Morgan fingerprint density at radius 2 is 1.79 bits per heavy atom. The number of aromatic nitrogens is 1. The second-order valence-electron chi connectivity index (χ2n) is 5.45. The molecule has 1 N–H and O–H groups in total. The Bertz CT molecular complexity index is 804. The van der Waals surface area contributed by atoms with Crippen molar-refractivity contribution in [2.75, 3.05) is 5.32 Å². The van der Waals surface area contributed by atoms with Crippen LogP contribution < -0.4 is 10.1 Å². The Kier molecular flexibility index (Phi) is 4.61. The molecule has 5 heteroatoms. The van der Waals surface area contributed by atoms with E-state index in [1.807, 2.05) is 42.5 Å². The fraction of sp³-hybridized carbons (Fsp3) is 0.158. The number of benzene rings is 2. The van der Waals surface area contributed by atoms with Crippen LogP contribution in [0, 0.1) is 13.8 Å². The van der Waals surface area contributed by atoms with Crippen molar-refractivity contribution in [1.82, 2.24) is 5.16 Å². The van der Waals surface area contributed by atoms with E-state index in [0.29, 0.717) is 29.3 Å². The van der Waals surface area contributed by atoms with E-state index >= 15 is 0 Å². The van der Waals surface area contributed by atoms with E-state index < -0.39 is 0 Å². The molecule has 24 heavy (non-hydrogen) atoms. The maximum absolute atomic E-state index is 12.3. The van der Waals surface area contributed by atoms with Crippen LogP contribution in [0.5, 0.6) is 5.75 Å². The van der Waals surface area contributed by atoms with Crippen LogP contribution in [0.15, 0.2) is 59.1 Å². The number of anilines is 1. The molecule has 0 fully saturated rings. The lowest BCUT2D eigenvalue weighted by Gasteiger charge is -2.08. The van der Waals surface area contributed by atoms with Gasteiger partial charge in [-0.1, -0.05) is 35.5 Å². The molecule has 1 heterocycles. The number of hydrogen-bond donors (Lipinski definition) is 1. The van der Waals surface area contributed by atoms with Gasteiger partial charge in [0, 0.05) is 5.69 Å². The standard InChI is InChI=1S/C19H18N2O3/c1-13-18(14(2)24-21-13)19(22)20-16-8-10-17(11-9-16)23-12-15-6-4-3-5-7-15/h3-11H,12H2,1-2H3,(H,20,22). The third-order valence-corrected chi connectivity index (χ3v) is 3.62. The first kappa shape index (κ1) is 15.8. The van der Waals surface area contributed by atoms with Crippen LogP contribution in [0.25, 0.3) is 0 Å². The fourth-order valence-corrected chi connectivity index (χ4v) is 2.38. The molecule has 5 nitrogen and oxygen atoms in total. The summed E-state index contributed by atoms with van der Waals surface area (Å²) in [6, 6.07) is 17.2. The van der Waals surface area contributed by atoms with Gasteiger partial charge in [0.05, 0.1) is 5.69 Å². The Labute approximate surface area is 140 Å². The number of ether oxygens (including phenoxy) is 1. The number of carbonyl (C=O) groups is 1. The number of nitrogens with one attached hydrogen (secondary N) is 1. The van der Waals surface area contributed by atoms with Gasteiger partial charge in [-0.3, -0.25) is 4.79 Å². The lowest BCUT2D eigenvalue weighted by Crippen LogP contribution is -2.13. The summed E-state index contributed by atoms with van der Waals surface area (Å²) in [7, 11) is 0. The predicted molar refractivity (Wildman–Crippen MR) is 91.1 cm³/mol. The molecule has 0 spiro atoms. The number of aryl methyl sites for hydroxylation is 2. The van der Waals surface area contributed by atoms with Crippen LogP contribution in [-0.4, -0.2) is 11.1 Å². The van der Waals surface area contributed by atoms with Crippen LogP contribution in [0.1, 0.15) is 27.4 Å². The summed E-state index contributed by atoms with van der Waals surface area (Å²) in [5.41, 5.74) is 2.84. The Morgan fingerprint density at radius 1 is 1.08 bits per heavy atom. The van der Waals surface area contributed by atoms with Gasteiger partial charge in [0.15, 0.2) is 0 Å². The molecule has 122 valence electrons. The summed E-state index contributed by atoms with van der Waals surface area (Å²) in [6.07, 6.45) is 0. The smallest absolute Gasteiger partial charge is 0.261 e. The third kappa shape index (κ3) is 3.63. The monoisotopic (exact) mass is 322 g/mol. The maximum Gasteiger partial charge on any atom is 0.261 e. The van der Waals surface area contributed by atoms with Crippen LogP contribution >= 0.6 is 0 Å². The molecule has 1 amide bonds. The second kappa shape index (κ2) is 7.00. The SMILES string of the molecule is Cc1noc(C)c1C(=O)Nc1ccc(OCc2ccccc2)cc1. The Balaban J connectivity index is 1.61. The van der Waals surface area contributed by atoms with E-state index in [4.69, 9.17) is 9.26 Å². The topological polar surface area (TPSA) is 64.4 Å². The molecule has 0 radical (unpaired) electrons. The minimum Gasteiger partial charge on any atom is -0.489 e. The first-order chi connectivity index (χ1) is 11.6. The summed E-state index contributed by atoms with van der Waals surface area (Å²) in [5, 5.41) is 6.62. The molecule has 0 unspecified atom stereocenters. The number of amides is 1. The van der Waals surface area contributed by atoms with Crippen LogP contribution in [0.4, 0.5) is 5.69 Å². The van der Waals surface area contributed by atoms with Crippen molar-refractivity contribution in [2.24, 2.45) is 0 Å². The van der Waals surface area contributed by atoms with Crippen molar-refractivity contribution in [3.63, 3.8) is 0 Å². The van der Waals surface area contributed by atoms with E-state index in [2.05, 4.69) is 10.5 Å². The van der Waals surface area contributed by atoms with Gasteiger partial charge in [-0.05, 0) is 43.7 Å². The highest BCUT2D eigenvalue weighted by Gasteiger charge is 2.17. The molecule has 1 aromatic heterocycles. The quantitative estimate of drug-likeness (QED) is 0.767. The molecule has 0 saturated heterocycles. The van der Waals surface area contributed by atoms with Crippen molar-refractivity contribution in [3.05, 3.63) is 77.2 Å². The summed E-state index contributed by atoms with van der Waals surface area (Å²) in [6.45, 7) is 3.97. The maximum atomic E-state index is 12.3. The summed E-state index contributed by atoms with van der Waals surface area (Å²) in [5.74, 6) is 1.02. The van der Waals surface area contributed by atoms with Gasteiger partial charge in [0.25, 0.3) is 5.91 Å². The minimum absolute atomic E-state index is 0.232. The largest absolute Gasteiger partial charge is 0.489 e. The van der Waals surface area contributed by atoms with E-state index in [-0.39, 0.29) is 5.91 Å². The number of carbonyl (C=O) groups excluding carboxylic acids is 1. The second-order valence-corrected chi connectivity index (χ2v) is 5.45. The van der Waals surface area contributed by atoms with Crippen LogP contribution in [-0.2, 0) is 6.61 Å². The summed E-state index contributed by atoms with van der Waals surface area (Å²) in [4.78, 5) is 12.3. The molecule has 0 aliphatic carbocycles. The predicted octanol–water partition coefficient (Wildman–Crippen LogP) is 4.12. The fourth-order valence-electron chi connectivity index (χ4n) is 2.38. The molecule has 0 aliphatic rings. The van der Waals surface area contributed by atoms with Gasteiger partial charge in [-0.2, -0.15) is 0 Å². The van der Waals surface area contributed by atoms with E-state index in [0.717, 1.165) is 11.3 Å². The Hall–Kier alpha value is -3.08. The molecular weight excluding hydrogens is 304 g/mol. The highest BCUT2D eigenvalue weighted by Crippen LogP contribution is 2.19. The van der Waals surface area contributed by atoms with Gasteiger partial charge in [0.2, 0.25) is 0 Å². The van der Waals surface area contributed by atoms with E-state index in [1.54, 1.807) is 26.0 Å². The van der Waals surface area contributed by atoms with Crippen LogP contribution in [0.3, 0.4) is 0 Å². The van der Waals surface area contributed by atoms with Crippen molar-refractivity contribution < 1.29 is 14.1 Å². The lowest BCUT2D eigenvalue weighted by atomic mass is 10.2. The first-order valence-electron chi connectivity index (χ1n) is 7.64. The van der Waals surface area contributed by atoms with Gasteiger partial charge < -0.3 is 14.6 Å². The zero-order valence-corrected chi connectivity index (χ0v) is 13.6. The third-order valence-electron chi connectivity index (χ3n) is 3.62. The summed E-state index contributed by atoms with van der Waals surface area (Å²) >= 11 is 0. The zero-order valence-electron chi connectivity index (χ0n) is 13.6. The molecule has 0 atom stereocenters. The molecular formula is C19H18N2O3. The average Bonchev–Trinajstić information content (AvgIpc) is 2.94. The van der Waals surface area contributed by atoms with Gasteiger partial charge in [-0.25, -0.2) is 0 Å². The Morgan fingerprint density at radius 3 is 2.42 bits per heavy atom. The number of nitrogens with zero attached hydrogens (tertiary/aromatic N) is 1. The van der Waals surface area contributed by atoms with Crippen molar-refractivity contribution in [2.45, 2.75) is 20.5 Å². The van der Waals surface area contributed by atoms with E-state index in [9.17, 15) is 4.79 Å². The molecule has 0 saturated carbocycles. The molecule has 3 rings (SSSR count).